The van der Waals surface area contributed by atoms with Gasteiger partial charge in [0.15, 0.2) is 23.8 Å². The number of amides is 2. The summed E-state index contributed by atoms with van der Waals surface area (Å²) in [6.45, 7) is 4.74. The van der Waals surface area contributed by atoms with Crippen LogP contribution in [0.25, 0.3) is 5.57 Å². The SMILES string of the molecule is CO[C@@H](C(=O)N1C(=O)O[C@@H](c2ccccc2)[C@H]1C)[C@@H](OC(C)=O)C(=O)C=C(C(=O)CCCOCCO)c1cccc(C)c1. The van der Waals surface area contributed by atoms with E-state index in [0.717, 1.165) is 30.6 Å². The van der Waals surface area contributed by atoms with Crippen molar-refractivity contribution in [3.63, 3.8) is 0 Å². The Bertz CT molecular complexity index is 1340. The standard InChI is InChI=1S/C32H37NO10/c1-20-10-8-13-24(18-20)25(26(36)14-9-16-41-17-15-34)19-27(37)29(42-22(3)35)30(40-4)31(38)33-21(2)28(43-32(33)39)23-11-6-5-7-12-23/h5-8,10-13,18-19,21,28-30,34H,9,14-17H2,1-4H3/t21-,28-,29+,30-/m1/s1. The third-order valence-electron chi connectivity index (χ3n) is 6.83. The van der Waals surface area contributed by atoms with Gasteiger partial charge < -0.3 is 24.1 Å². The van der Waals surface area contributed by atoms with Crippen LogP contribution >= 0.6 is 0 Å². The van der Waals surface area contributed by atoms with Gasteiger partial charge in [0.2, 0.25) is 0 Å². The molecule has 0 aliphatic carbocycles. The number of carbonyl (C=O) groups is 5. The van der Waals surface area contributed by atoms with Gasteiger partial charge in [0.1, 0.15) is 6.10 Å². The molecule has 2 aromatic rings. The lowest BCUT2D eigenvalue weighted by Gasteiger charge is -2.27. The zero-order chi connectivity index (χ0) is 31.5. The molecule has 1 aliphatic rings. The summed E-state index contributed by atoms with van der Waals surface area (Å²) in [6, 6.07) is 15.1. The Labute approximate surface area is 250 Å². The normalized spacial score (nSPS) is 18.1. The number of ketones is 2. The van der Waals surface area contributed by atoms with Gasteiger partial charge in [-0.2, -0.15) is 0 Å². The maximum absolute atomic E-state index is 13.7. The smallest absolute Gasteiger partial charge is 0.417 e. The maximum Gasteiger partial charge on any atom is 0.417 e. The highest BCUT2D eigenvalue weighted by Gasteiger charge is 2.48. The minimum atomic E-state index is -1.80. The van der Waals surface area contributed by atoms with E-state index in [1.165, 1.54) is 0 Å². The number of rotatable bonds is 15. The zero-order valence-corrected chi connectivity index (χ0v) is 24.7. The summed E-state index contributed by atoms with van der Waals surface area (Å²) >= 11 is 0. The second-order valence-electron chi connectivity index (χ2n) is 10.0. The average molecular weight is 596 g/mol. The van der Waals surface area contributed by atoms with E-state index in [2.05, 4.69) is 0 Å². The van der Waals surface area contributed by atoms with Crippen LogP contribution in [0.5, 0.6) is 0 Å². The Morgan fingerprint density at radius 1 is 1.05 bits per heavy atom. The van der Waals surface area contributed by atoms with E-state index in [9.17, 15) is 24.0 Å². The third-order valence-corrected chi connectivity index (χ3v) is 6.83. The fourth-order valence-electron chi connectivity index (χ4n) is 4.78. The monoisotopic (exact) mass is 595 g/mol. The summed E-state index contributed by atoms with van der Waals surface area (Å²) in [5.74, 6) is -3.06. The van der Waals surface area contributed by atoms with Crippen LogP contribution in [0.2, 0.25) is 0 Å². The number of esters is 1. The summed E-state index contributed by atoms with van der Waals surface area (Å²) in [5.41, 5.74) is 2.02. The molecule has 1 heterocycles. The van der Waals surface area contributed by atoms with Gasteiger partial charge in [-0.05, 0) is 37.5 Å². The van der Waals surface area contributed by atoms with E-state index >= 15 is 0 Å². The highest BCUT2D eigenvalue weighted by atomic mass is 16.6. The molecule has 1 aliphatic heterocycles. The molecule has 0 spiro atoms. The van der Waals surface area contributed by atoms with E-state index < -0.39 is 48.1 Å². The summed E-state index contributed by atoms with van der Waals surface area (Å²) in [5, 5.41) is 8.88. The topological polar surface area (TPSA) is 146 Å². The fraction of sp³-hybridized carbons (Fsp3) is 0.406. The molecule has 0 unspecified atom stereocenters. The van der Waals surface area contributed by atoms with Crippen molar-refractivity contribution in [2.45, 2.75) is 58.0 Å². The van der Waals surface area contributed by atoms with Crippen molar-refractivity contribution >= 4 is 35.1 Å². The maximum atomic E-state index is 13.7. The average Bonchev–Trinajstić information content (AvgIpc) is 3.28. The van der Waals surface area contributed by atoms with Gasteiger partial charge in [0, 0.05) is 32.6 Å². The molecule has 4 atom stereocenters. The molecule has 1 N–H and O–H groups in total. The van der Waals surface area contributed by atoms with E-state index in [4.69, 9.17) is 24.1 Å². The Hall–Kier alpha value is -4.19. The van der Waals surface area contributed by atoms with Crippen LogP contribution in [0, 0.1) is 6.92 Å². The van der Waals surface area contributed by atoms with Crippen molar-refractivity contribution in [1.82, 2.24) is 4.90 Å². The van der Waals surface area contributed by atoms with Gasteiger partial charge in [0.25, 0.3) is 5.91 Å². The number of aliphatic hydroxyl groups is 1. The summed E-state index contributed by atoms with van der Waals surface area (Å²) in [6.07, 6.45) is -3.80. The Kier molecular flexibility index (Phi) is 12.3. The van der Waals surface area contributed by atoms with Crippen molar-refractivity contribution in [3.05, 3.63) is 77.4 Å². The van der Waals surface area contributed by atoms with Gasteiger partial charge in [-0.1, -0.05) is 60.2 Å². The molecule has 1 saturated heterocycles. The molecule has 230 valence electrons. The largest absolute Gasteiger partial charge is 0.451 e. The Balaban J connectivity index is 1.93. The van der Waals surface area contributed by atoms with Crippen molar-refractivity contribution in [1.29, 1.82) is 0 Å². The zero-order valence-electron chi connectivity index (χ0n) is 24.7. The first-order valence-electron chi connectivity index (χ1n) is 13.9. The van der Waals surface area contributed by atoms with Gasteiger partial charge in [-0.25, -0.2) is 9.69 Å². The van der Waals surface area contributed by atoms with Crippen molar-refractivity contribution < 1.29 is 48.0 Å². The Morgan fingerprint density at radius 2 is 1.77 bits per heavy atom. The molecule has 0 saturated carbocycles. The van der Waals surface area contributed by atoms with E-state index in [1.807, 2.05) is 13.0 Å². The number of methoxy groups -OCH3 is 1. The second-order valence-corrected chi connectivity index (χ2v) is 10.0. The lowest BCUT2D eigenvalue weighted by Crippen LogP contribution is -2.52. The second kappa shape index (κ2) is 15.9. The third kappa shape index (κ3) is 8.66. The molecule has 11 nitrogen and oxygen atoms in total. The van der Waals surface area contributed by atoms with Crippen LogP contribution in [-0.2, 0) is 38.1 Å². The van der Waals surface area contributed by atoms with Crippen molar-refractivity contribution in [2.24, 2.45) is 0 Å². The number of hydrogen-bond donors (Lipinski definition) is 1. The first-order valence-corrected chi connectivity index (χ1v) is 13.9. The van der Waals surface area contributed by atoms with Crippen LogP contribution in [0.3, 0.4) is 0 Å². The summed E-state index contributed by atoms with van der Waals surface area (Å²) < 4.78 is 21.4. The minimum absolute atomic E-state index is 0.0291. The minimum Gasteiger partial charge on any atom is -0.451 e. The fourth-order valence-corrected chi connectivity index (χ4v) is 4.78. The van der Waals surface area contributed by atoms with Crippen LogP contribution in [0.15, 0.2) is 60.7 Å². The summed E-state index contributed by atoms with van der Waals surface area (Å²) in [4.78, 5) is 66.5. The van der Waals surface area contributed by atoms with E-state index in [-0.39, 0.29) is 37.6 Å². The molecular weight excluding hydrogens is 558 g/mol. The van der Waals surface area contributed by atoms with Crippen molar-refractivity contribution in [2.75, 3.05) is 26.9 Å². The summed E-state index contributed by atoms with van der Waals surface area (Å²) in [7, 11) is 1.15. The number of hydrogen-bond acceptors (Lipinski definition) is 10. The molecule has 2 aromatic carbocycles. The van der Waals surface area contributed by atoms with Gasteiger partial charge >= 0.3 is 12.1 Å². The molecule has 3 rings (SSSR count). The number of benzene rings is 2. The predicted octanol–water partition coefficient (Wildman–Crippen LogP) is 3.36. The van der Waals surface area contributed by atoms with E-state index in [1.54, 1.807) is 55.5 Å². The van der Waals surface area contributed by atoms with Gasteiger partial charge in [-0.3, -0.25) is 19.2 Å². The molecule has 0 radical (unpaired) electrons. The van der Waals surface area contributed by atoms with Gasteiger partial charge in [-0.15, -0.1) is 0 Å². The molecular formula is C32H37NO10. The molecule has 1 fully saturated rings. The lowest BCUT2D eigenvalue weighted by molar-refractivity contribution is -0.166. The van der Waals surface area contributed by atoms with Gasteiger partial charge in [0.05, 0.1) is 19.3 Å². The van der Waals surface area contributed by atoms with Crippen LogP contribution < -0.4 is 0 Å². The molecule has 0 aromatic heterocycles. The van der Waals surface area contributed by atoms with Crippen LogP contribution in [-0.4, -0.2) is 84.7 Å². The number of aliphatic hydroxyl groups excluding tert-OH is 1. The molecule has 2 amide bonds. The molecule has 0 bridgehead atoms. The number of allylic oxidation sites excluding steroid dienone is 1. The first kappa shape index (κ1) is 33.3. The quantitative estimate of drug-likeness (QED) is 0.185. The predicted molar refractivity (Wildman–Crippen MR) is 155 cm³/mol. The van der Waals surface area contributed by atoms with Crippen LogP contribution in [0.1, 0.15) is 49.5 Å². The number of imide groups is 1. The number of nitrogens with zero attached hydrogens (tertiary/aromatic N) is 1. The Morgan fingerprint density at radius 3 is 2.40 bits per heavy atom. The first-order chi connectivity index (χ1) is 20.6. The number of Topliss-reactive ketones (excluding diaryl/α,β-unsaturated/α-hetero) is 1. The number of cyclic esters (lactones) is 1. The number of carbonyl (C=O) groups excluding carboxylic acids is 5. The van der Waals surface area contributed by atoms with Crippen molar-refractivity contribution in [3.8, 4) is 0 Å². The van der Waals surface area contributed by atoms with E-state index in [0.29, 0.717) is 17.5 Å². The highest BCUT2D eigenvalue weighted by molar-refractivity contribution is 6.25. The number of aryl methyl sites for hydroxylation is 1. The highest BCUT2D eigenvalue weighted by Crippen LogP contribution is 2.33. The lowest BCUT2D eigenvalue weighted by atomic mass is 9.94. The molecule has 43 heavy (non-hydrogen) atoms. The molecule has 11 heteroatoms. The number of ether oxygens (including phenoxy) is 4. The van der Waals surface area contributed by atoms with Crippen LogP contribution in [0.4, 0.5) is 4.79 Å².